The van der Waals surface area contributed by atoms with Gasteiger partial charge in [-0.3, -0.25) is 9.69 Å². The monoisotopic (exact) mass is 318 g/mol. The number of carboxylic acids is 1. The third-order valence-corrected chi connectivity index (χ3v) is 5.56. The van der Waals surface area contributed by atoms with Crippen LogP contribution in [0, 0.1) is 11.3 Å². The van der Waals surface area contributed by atoms with E-state index in [-0.39, 0.29) is 11.3 Å². The second-order valence-corrected chi connectivity index (χ2v) is 7.07. The van der Waals surface area contributed by atoms with Crippen LogP contribution in [0.3, 0.4) is 0 Å². The summed E-state index contributed by atoms with van der Waals surface area (Å²) >= 11 is 0. The Morgan fingerprint density at radius 3 is 2.52 bits per heavy atom. The minimum atomic E-state index is -0.633. The van der Waals surface area contributed by atoms with Gasteiger partial charge in [-0.05, 0) is 50.7 Å². The molecule has 0 saturated carbocycles. The number of carbonyl (C=O) groups is 1. The lowest BCUT2D eigenvalue weighted by Gasteiger charge is -2.40. The minimum absolute atomic E-state index is 0.0508. The topological polar surface area (TPSA) is 53.0 Å². The zero-order valence-electron chi connectivity index (χ0n) is 14.0. The molecule has 1 N–H and O–H groups in total. The second kappa shape index (κ2) is 6.49. The van der Waals surface area contributed by atoms with Crippen LogP contribution in [-0.4, -0.2) is 61.2 Å². The van der Waals surface area contributed by atoms with E-state index in [1.807, 2.05) is 12.1 Å². The number of piperidine rings is 1. The van der Waals surface area contributed by atoms with E-state index in [1.165, 1.54) is 5.56 Å². The second-order valence-electron chi connectivity index (χ2n) is 7.07. The number of methoxy groups -OCH3 is 1. The summed E-state index contributed by atoms with van der Waals surface area (Å²) in [5.41, 5.74) is 1.16. The molecule has 126 valence electrons. The summed E-state index contributed by atoms with van der Waals surface area (Å²) in [6.45, 7) is 4.36. The Balaban J connectivity index is 1.71. The molecule has 0 aromatic heterocycles. The molecule has 3 rings (SSSR count). The molecule has 1 unspecified atom stereocenters. The van der Waals surface area contributed by atoms with Crippen LogP contribution in [0.1, 0.15) is 18.4 Å². The maximum atomic E-state index is 11.8. The number of nitrogens with zero attached hydrogens (tertiary/aromatic N) is 2. The first-order chi connectivity index (χ1) is 11.0. The maximum absolute atomic E-state index is 11.8. The fourth-order valence-corrected chi connectivity index (χ4v) is 4.09. The molecule has 5 nitrogen and oxygen atoms in total. The molecule has 1 aromatic carbocycles. The van der Waals surface area contributed by atoms with Crippen LogP contribution >= 0.6 is 0 Å². The van der Waals surface area contributed by atoms with Gasteiger partial charge >= 0.3 is 5.97 Å². The molecular formula is C18H26N2O3. The van der Waals surface area contributed by atoms with Crippen molar-refractivity contribution in [2.24, 2.45) is 11.3 Å². The molecule has 2 heterocycles. The van der Waals surface area contributed by atoms with Crippen molar-refractivity contribution in [2.45, 2.75) is 19.4 Å². The van der Waals surface area contributed by atoms with Crippen molar-refractivity contribution in [1.29, 1.82) is 0 Å². The van der Waals surface area contributed by atoms with Gasteiger partial charge in [-0.15, -0.1) is 0 Å². The van der Waals surface area contributed by atoms with Crippen molar-refractivity contribution < 1.29 is 14.6 Å². The van der Waals surface area contributed by atoms with Crippen molar-refractivity contribution in [3.63, 3.8) is 0 Å². The Labute approximate surface area is 137 Å². The van der Waals surface area contributed by atoms with Gasteiger partial charge in [0.2, 0.25) is 0 Å². The molecule has 0 bridgehead atoms. The van der Waals surface area contributed by atoms with Gasteiger partial charge in [0.15, 0.2) is 0 Å². The third kappa shape index (κ3) is 3.35. The molecule has 2 saturated heterocycles. The molecule has 0 radical (unpaired) electrons. The smallest absolute Gasteiger partial charge is 0.308 e. The van der Waals surface area contributed by atoms with E-state index in [9.17, 15) is 9.90 Å². The SMILES string of the molecule is COc1ccc(CN2CC(C(=O)O)C3(CCN(C)CC3)C2)cc1. The van der Waals surface area contributed by atoms with E-state index in [0.29, 0.717) is 6.54 Å². The Morgan fingerprint density at radius 2 is 1.96 bits per heavy atom. The van der Waals surface area contributed by atoms with Gasteiger partial charge in [-0.2, -0.15) is 0 Å². The van der Waals surface area contributed by atoms with Crippen LogP contribution in [0.25, 0.3) is 0 Å². The number of hydrogen-bond acceptors (Lipinski definition) is 4. The summed E-state index contributed by atoms with van der Waals surface area (Å²) in [7, 11) is 3.78. The van der Waals surface area contributed by atoms with Gasteiger partial charge in [0.25, 0.3) is 0 Å². The molecule has 2 aliphatic heterocycles. The normalized spacial score (nSPS) is 24.9. The highest BCUT2D eigenvalue weighted by molar-refractivity contribution is 5.72. The van der Waals surface area contributed by atoms with E-state index in [1.54, 1.807) is 7.11 Å². The molecule has 1 spiro atoms. The summed E-state index contributed by atoms with van der Waals surface area (Å²) in [4.78, 5) is 16.4. The van der Waals surface area contributed by atoms with Crippen LogP contribution < -0.4 is 4.74 Å². The number of rotatable bonds is 4. The number of hydrogen-bond donors (Lipinski definition) is 1. The number of ether oxygens (including phenoxy) is 1. The van der Waals surface area contributed by atoms with E-state index in [0.717, 1.165) is 44.8 Å². The summed E-state index contributed by atoms with van der Waals surface area (Å²) in [6, 6.07) is 8.05. The van der Waals surface area contributed by atoms with Crippen molar-refractivity contribution in [1.82, 2.24) is 9.80 Å². The number of carboxylic acid groups (broad SMARTS) is 1. The van der Waals surface area contributed by atoms with Crippen LogP contribution in [0.2, 0.25) is 0 Å². The minimum Gasteiger partial charge on any atom is -0.497 e. The van der Waals surface area contributed by atoms with E-state index >= 15 is 0 Å². The molecule has 2 fully saturated rings. The predicted octanol–water partition coefficient (Wildman–Crippen LogP) is 1.92. The predicted molar refractivity (Wildman–Crippen MR) is 88.6 cm³/mol. The van der Waals surface area contributed by atoms with Gasteiger partial charge in [-0.1, -0.05) is 12.1 Å². The van der Waals surface area contributed by atoms with Gasteiger partial charge in [0.1, 0.15) is 5.75 Å². The molecule has 1 atom stereocenters. The Bertz CT molecular complexity index is 550. The Morgan fingerprint density at radius 1 is 1.30 bits per heavy atom. The number of benzene rings is 1. The van der Waals surface area contributed by atoms with Crippen LogP contribution in [0.15, 0.2) is 24.3 Å². The molecular weight excluding hydrogens is 292 g/mol. The van der Waals surface area contributed by atoms with Crippen molar-refractivity contribution in [3.8, 4) is 5.75 Å². The fraction of sp³-hybridized carbons (Fsp3) is 0.611. The van der Waals surface area contributed by atoms with E-state index < -0.39 is 5.97 Å². The lowest BCUT2D eigenvalue weighted by molar-refractivity contribution is -0.145. The Kier molecular flexibility index (Phi) is 4.60. The molecule has 1 aromatic rings. The quantitative estimate of drug-likeness (QED) is 0.919. The fourth-order valence-electron chi connectivity index (χ4n) is 4.09. The van der Waals surface area contributed by atoms with Crippen molar-refractivity contribution in [3.05, 3.63) is 29.8 Å². The molecule has 0 amide bonds. The average molecular weight is 318 g/mol. The summed E-state index contributed by atoms with van der Waals surface area (Å²) < 4.78 is 5.19. The zero-order chi connectivity index (χ0) is 16.4. The first kappa shape index (κ1) is 16.3. The van der Waals surface area contributed by atoms with Gasteiger partial charge < -0.3 is 14.7 Å². The number of aliphatic carboxylic acids is 1. The lowest BCUT2D eigenvalue weighted by Crippen LogP contribution is -2.44. The first-order valence-electron chi connectivity index (χ1n) is 8.29. The molecule has 23 heavy (non-hydrogen) atoms. The highest BCUT2D eigenvalue weighted by Crippen LogP contribution is 2.45. The lowest BCUT2D eigenvalue weighted by atomic mass is 9.71. The van der Waals surface area contributed by atoms with Crippen LogP contribution in [-0.2, 0) is 11.3 Å². The first-order valence-corrected chi connectivity index (χ1v) is 8.29. The van der Waals surface area contributed by atoms with Crippen LogP contribution in [0.5, 0.6) is 5.75 Å². The molecule has 2 aliphatic rings. The molecule has 0 aliphatic carbocycles. The summed E-state index contributed by atoms with van der Waals surface area (Å²) in [6.07, 6.45) is 1.97. The van der Waals surface area contributed by atoms with Crippen molar-refractivity contribution in [2.75, 3.05) is 40.3 Å². The summed E-state index contributed by atoms with van der Waals surface area (Å²) in [5.74, 6) is -0.0217. The van der Waals surface area contributed by atoms with Crippen molar-refractivity contribution >= 4 is 5.97 Å². The number of likely N-dealkylation sites (tertiary alicyclic amines) is 2. The van der Waals surface area contributed by atoms with E-state index in [2.05, 4.69) is 29.0 Å². The third-order valence-electron chi connectivity index (χ3n) is 5.56. The Hall–Kier alpha value is -1.59. The standard InChI is InChI=1S/C18H26N2O3/c1-19-9-7-18(8-10-19)13-20(12-16(18)17(21)22)11-14-3-5-15(23-2)6-4-14/h3-6,16H,7-13H2,1-2H3,(H,21,22). The zero-order valence-corrected chi connectivity index (χ0v) is 14.0. The van der Waals surface area contributed by atoms with Gasteiger partial charge in [-0.25, -0.2) is 0 Å². The highest BCUT2D eigenvalue weighted by atomic mass is 16.5. The molecule has 5 heteroatoms. The summed E-state index contributed by atoms with van der Waals surface area (Å²) in [5, 5.41) is 9.69. The maximum Gasteiger partial charge on any atom is 0.308 e. The highest BCUT2D eigenvalue weighted by Gasteiger charge is 2.50. The van der Waals surface area contributed by atoms with Crippen LogP contribution in [0.4, 0.5) is 0 Å². The average Bonchev–Trinajstić information content (AvgIpc) is 2.90. The largest absolute Gasteiger partial charge is 0.497 e. The van der Waals surface area contributed by atoms with Gasteiger partial charge in [0, 0.05) is 25.0 Å². The van der Waals surface area contributed by atoms with Gasteiger partial charge in [0.05, 0.1) is 13.0 Å². The van der Waals surface area contributed by atoms with E-state index in [4.69, 9.17) is 4.74 Å².